The lowest BCUT2D eigenvalue weighted by molar-refractivity contribution is 0.0988. The number of nitrogens with one attached hydrogen (secondary N) is 2. The Morgan fingerprint density at radius 3 is 1.79 bits per heavy atom. The van der Waals surface area contributed by atoms with Crippen molar-refractivity contribution in [2.75, 3.05) is 10.6 Å². The fraction of sp³-hybridized carbons (Fsp3) is 0.227. The van der Waals surface area contributed by atoms with Crippen LogP contribution in [0, 0.1) is 27.7 Å². The van der Waals surface area contributed by atoms with Gasteiger partial charge >= 0.3 is 0 Å². The van der Waals surface area contributed by atoms with Crippen LogP contribution in [0.25, 0.3) is 0 Å². The molecule has 6 heteroatoms. The first-order valence-electron chi connectivity index (χ1n) is 9.05. The van der Waals surface area contributed by atoms with Gasteiger partial charge in [0.25, 0.3) is 11.8 Å². The van der Waals surface area contributed by atoms with Crippen LogP contribution >= 0.6 is 0 Å². The third-order valence-electron chi connectivity index (χ3n) is 4.82. The summed E-state index contributed by atoms with van der Waals surface area (Å²) in [5, 5.41) is 9.85. The second-order valence-corrected chi connectivity index (χ2v) is 7.07. The summed E-state index contributed by atoms with van der Waals surface area (Å²) in [6.45, 7) is 7.98. The van der Waals surface area contributed by atoms with Gasteiger partial charge in [-0.3, -0.25) is 14.3 Å². The van der Waals surface area contributed by atoms with Crippen molar-refractivity contribution in [3.63, 3.8) is 0 Å². The van der Waals surface area contributed by atoms with E-state index in [1.165, 1.54) is 4.68 Å². The predicted molar refractivity (Wildman–Crippen MR) is 111 cm³/mol. The molecule has 28 heavy (non-hydrogen) atoms. The van der Waals surface area contributed by atoms with E-state index in [0.29, 0.717) is 11.4 Å². The molecule has 0 aliphatic rings. The first kappa shape index (κ1) is 19.4. The van der Waals surface area contributed by atoms with Gasteiger partial charge in [-0.2, -0.15) is 5.10 Å². The van der Waals surface area contributed by atoms with E-state index < -0.39 is 5.91 Å². The van der Waals surface area contributed by atoms with Crippen LogP contribution in [0.1, 0.15) is 43.1 Å². The fourth-order valence-electron chi connectivity index (χ4n) is 2.85. The highest BCUT2D eigenvalue weighted by atomic mass is 16.2. The Balaban J connectivity index is 1.83. The van der Waals surface area contributed by atoms with Gasteiger partial charge in [0.2, 0.25) is 0 Å². The van der Waals surface area contributed by atoms with Crippen molar-refractivity contribution < 1.29 is 9.59 Å². The molecule has 2 N–H and O–H groups in total. The number of carbonyl (C=O) groups is 2. The Kier molecular flexibility index (Phi) is 5.31. The summed E-state index contributed by atoms with van der Waals surface area (Å²) in [7, 11) is 1.68. The van der Waals surface area contributed by atoms with Gasteiger partial charge < -0.3 is 10.6 Å². The number of amides is 2. The number of aryl methyl sites for hydroxylation is 5. The van der Waals surface area contributed by atoms with Gasteiger partial charge in [-0.25, -0.2) is 0 Å². The van der Waals surface area contributed by atoms with Crippen LogP contribution in [0.4, 0.5) is 11.4 Å². The molecule has 3 rings (SSSR count). The van der Waals surface area contributed by atoms with Crippen LogP contribution < -0.4 is 10.6 Å². The first-order valence-corrected chi connectivity index (χ1v) is 9.05. The van der Waals surface area contributed by atoms with E-state index >= 15 is 0 Å². The van der Waals surface area contributed by atoms with Crippen LogP contribution in [0.5, 0.6) is 0 Å². The lowest BCUT2D eigenvalue weighted by Gasteiger charge is -2.09. The number of aromatic nitrogens is 2. The van der Waals surface area contributed by atoms with Crippen molar-refractivity contribution in [2.45, 2.75) is 27.7 Å². The molecule has 6 nitrogen and oxygen atoms in total. The highest BCUT2D eigenvalue weighted by molar-refractivity contribution is 6.14. The lowest BCUT2D eigenvalue weighted by Crippen LogP contribution is -2.19. The topological polar surface area (TPSA) is 76.0 Å². The van der Waals surface area contributed by atoms with Gasteiger partial charge in [-0.15, -0.1) is 0 Å². The van der Waals surface area contributed by atoms with Crippen molar-refractivity contribution in [3.8, 4) is 0 Å². The van der Waals surface area contributed by atoms with Crippen LogP contribution in [0.2, 0.25) is 0 Å². The van der Waals surface area contributed by atoms with E-state index in [1.54, 1.807) is 13.2 Å². The summed E-state index contributed by atoms with van der Waals surface area (Å²) in [5.41, 5.74) is 6.10. The molecule has 1 aromatic heterocycles. The van der Waals surface area contributed by atoms with Crippen molar-refractivity contribution in [1.82, 2.24) is 9.78 Å². The molecule has 0 aliphatic heterocycles. The van der Waals surface area contributed by atoms with Crippen molar-refractivity contribution in [2.24, 2.45) is 7.05 Å². The summed E-state index contributed by atoms with van der Waals surface area (Å²) in [5.74, 6) is -0.796. The number of hydrogen-bond donors (Lipinski definition) is 2. The molecule has 0 aliphatic carbocycles. The molecule has 0 saturated carbocycles. The van der Waals surface area contributed by atoms with Crippen molar-refractivity contribution in [1.29, 1.82) is 0 Å². The molecule has 3 aromatic rings. The van der Waals surface area contributed by atoms with Crippen LogP contribution in [0.15, 0.2) is 42.6 Å². The fourth-order valence-corrected chi connectivity index (χ4v) is 2.85. The number of benzene rings is 2. The van der Waals surface area contributed by atoms with Gasteiger partial charge in [-0.05, 0) is 74.2 Å². The maximum absolute atomic E-state index is 12.8. The minimum atomic E-state index is -0.422. The maximum atomic E-state index is 12.8. The van der Waals surface area contributed by atoms with E-state index in [-0.39, 0.29) is 17.2 Å². The van der Waals surface area contributed by atoms with E-state index in [0.717, 1.165) is 22.3 Å². The molecule has 0 unspecified atom stereocenters. The Bertz CT molecular complexity index is 983. The second kappa shape index (κ2) is 7.68. The standard InChI is InChI=1S/C22H24N4O2/c1-13-6-8-17(10-15(13)3)23-21(27)19-12-26(5)25-20(19)22(28)24-18-9-7-14(2)16(4)11-18/h6-12H,1-5H3,(H,23,27)(H,24,28). The average Bonchev–Trinajstić information content (AvgIpc) is 3.03. The molecule has 144 valence electrons. The molecule has 0 spiro atoms. The zero-order chi connectivity index (χ0) is 20.4. The minimum Gasteiger partial charge on any atom is -0.322 e. The van der Waals surface area contributed by atoms with Gasteiger partial charge in [-0.1, -0.05) is 12.1 Å². The number of nitrogens with zero attached hydrogens (tertiary/aromatic N) is 2. The summed E-state index contributed by atoms with van der Waals surface area (Å²) < 4.78 is 1.46. The highest BCUT2D eigenvalue weighted by Gasteiger charge is 2.22. The normalized spacial score (nSPS) is 10.6. The zero-order valence-corrected chi connectivity index (χ0v) is 16.8. The molecule has 0 radical (unpaired) electrons. The zero-order valence-electron chi connectivity index (χ0n) is 16.8. The average molecular weight is 376 g/mol. The largest absolute Gasteiger partial charge is 0.322 e. The van der Waals surface area contributed by atoms with Gasteiger partial charge in [0.15, 0.2) is 5.69 Å². The third-order valence-corrected chi connectivity index (χ3v) is 4.82. The maximum Gasteiger partial charge on any atom is 0.276 e. The van der Waals surface area contributed by atoms with Crippen LogP contribution in [0.3, 0.4) is 0 Å². The molecule has 0 fully saturated rings. The first-order chi connectivity index (χ1) is 13.2. The lowest BCUT2D eigenvalue weighted by atomic mass is 10.1. The third kappa shape index (κ3) is 4.11. The van der Waals surface area contributed by atoms with Crippen molar-refractivity contribution >= 4 is 23.2 Å². The quantitative estimate of drug-likeness (QED) is 0.718. The number of carbonyl (C=O) groups excluding carboxylic acids is 2. The molecule has 2 amide bonds. The van der Waals surface area contributed by atoms with E-state index in [2.05, 4.69) is 15.7 Å². The summed E-state index contributed by atoms with van der Waals surface area (Å²) in [4.78, 5) is 25.5. The molecule has 1 heterocycles. The van der Waals surface area contributed by atoms with E-state index in [9.17, 15) is 9.59 Å². The molecular weight excluding hydrogens is 352 g/mol. The Labute approximate surface area is 164 Å². The SMILES string of the molecule is Cc1ccc(NC(=O)c2cn(C)nc2C(=O)Nc2ccc(C)c(C)c2)cc1C. The van der Waals surface area contributed by atoms with E-state index in [1.807, 2.05) is 64.1 Å². The predicted octanol–water partition coefficient (Wildman–Crippen LogP) is 4.16. The van der Waals surface area contributed by atoms with Gasteiger partial charge in [0.1, 0.15) is 0 Å². The van der Waals surface area contributed by atoms with Crippen molar-refractivity contribution in [3.05, 3.63) is 76.1 Å². The number of rotatable bonds is 4. The van der Waals surface area contributed by atoms with Gasteiger partial charge in [0, 0.05) is 24.6 Å². The van der Waals surface area contributed by atoms with E-state index in [4.69, 9.17) is 0 Å². The molecule has 0 saturated heterocycles. The Morgan fingerprint density at radius 1 is 0.786 bits per heavy atom. The molecule has 0 atom stereocenters. The summed E-state index contributed by atoms with van der Waals surface area (Å²) in [6.07, 6.45) is 1.55. The monoisotopic (exact) mass is 376 g/mol. The Morgan fingerprint density at radius 2 is 1.29 bits per heavy atom. The molecular formula is C22H24N4O2. The Hall–Kier alpha value is -3.41. The van der Waals surface area contributed by atoms with Crippen LogP contribution in [-0.2, 0) is 7.05 Å². The van der Waals surface area contributed by atoms with Gasteiger partial charge in [0.05, 0.1) is 5.56 Å². The molecule has 0 bridgehead atoms. The summed E-state index contributed by atoms with van der Waals surface area (Å²) in [6, 6.07) is 11.4. The highest BCUT2D eigenvalue weighted by Crippen LogP contribution is 2.18. The minimum absolute atomic E-state index is 0.0852. The molecule has 2 aromatic carbocycles. The second-order valence-electron chi connectivity index (χ2n) is 7.07. The smallest absolute Gasteiger partial charge is 0.276 e. The number of hydrogen-bond acceptors (Lipinski definition) is 3. The van der Waals surface area contributed by atoms with Crippen LogP contribution in [-0.4, -0.2) is 21.6 Å². The number of anilines is 2. The summed E-state index contributed by atoms with van der Waals surface area (Å²) >= 11 is 0.